The Morgan fingerprint density at radius 1 is 1.24 bits per heavy atom. The van der Waals surface area contributed by atoms with Crippen LogP contribution in [-0.4, -0.2) is 37.7 Å². The molecule has 0 saturated heterocycles. The minimum atomic E-state index is -0.116. The van der Waals surface area contributed by atoms with E-state index >= 15 is 0 Å². The molecule has 0 atom stereocenters. The summed E-state index contributed by atoms with van der Waals surface area (Å²) in [5, 5.41) is 5.75. The van der Waals surface area contributed by atoms with Gasteiger partial charge in [0.05, 0.1) is 17.9 Å². The number of rotatable bonds is 6. The number of carbonyl (C=O) groups excluding carboxylic acids is 2. The van der Waals surface area contributed by atoms with Crippen LogP contribution < -0.4 is 15.5 Å². The van der Waals surface area contributed by atoms with Crippen LogP contribution >= 0.6 is 11.8 Å². The summed E-state index contributed by atoms with van der Waals surface area (Å²) >= 11 is 1.78. The summed E-state index contributed by atoms with van der Waals surface area (Å²) in [6.45, 7) is 0.958. The van der Waals surface area contributed by atoms with Crippen molar-refractivity contribution in [1.82, 2.24) is 5.32 Å². The van der Waals surface area contributed by atoms with Crippen molar-refractivity contribution in [3.05, 3.63) is 54.1 Å². The van der Waals surface area contributed by atoms with Crippen LogP contribution in [0.3, 0.4) is 0 Å². The maximum atomic E-state index is 12.3. The van der Waals surface area contributed by atoms with Crippen molar-refractivity contribution < 1.29 is 9.59 Å². The van der Waals surface area contributed by atoms with Crippen LogP contribution in [0, 0.1) is 0 Å². The number of amides is 2. The lowest BCUT2D eigenvalue weighted by atomic mass is 10.1. The molecule has 130 valence electrons. The van der Waals surface area contributed by atoms with Crippen LogP contribution in [-0.2, 0) is 4.79 Å². The van der Waals surface area contributed by atoms with Crippen LogP contribution in [0.25, 0.3) is 0 Å². The standard InChI is InChI=1S/C19H21N3O2S/c1-22-13-18(23)21-16-12-14(8-9-17(16)22)19(24)20-10-5-11-25-15-6-3-2-4-7-15/h2-4,6-9,12H,5,10-11,13H2,1H3,(H,20,24)(H,21,23). The average Bonchev–Trinajstić information content (AvgIpc) is 2.61. The van der Waals surface area contributed by atoms with Crippen molar-refractivity contribution >= 4 is 35.0 Å². The Hall–Kier alpha value is -2.47. The van der Waals surface area contributed by atoms with Gasteiger partial charge in [-0.3, -0.25) is 9.59 Å². The highest BCUT2D eigenvalue weighted by atomic mass is 32.2. The quantitative estimate of drug-likeness (QED) is 0.618. The second-order valence-electron chi connectivity index (χ2n) is 5.91. The molecule has 25 heavy (non-hydrogen) atoms. The summed E-state index contributed by atoms with van der Waals surface area (Å²) in [6, 6.07) is 15.6. The summed E-state index contributed by atoms with van der Waals surface area (Å²) in [5.41, 5.74) is 2.17. The highest BCUT2D eigenvalue weighted by molar-refractivity contribution is 7.99. The van der Waals surface area contributed by atoms with Gasteiger partial charge < -0.3 is 15.5 Å². The summed E-state index contributed by atoms with van der Waals surface area (Å²) < 4.78 is 0. The molecule has 0 aromatic heterocycles. The fraction of sp³-hybridized carbons (Fsp3) is 0.263. The average molecular weight is 355 g/mol. The van der Waals surface area contributed by atoms with Gasteiger partial charge in [-0.25, -0.2) is 0 Å². The molecule has 1 heterocycles. The van der Waals surface area contributed by atoms with Crippen LogP contribution in [0.1, 0.15) is 16.8 Å². The molecule has 6 heteroatoms. The molecule has 2 aromatic rings. The van der Waals surface area contributed by atoms with E-state index < -0.39 is 0 Å². The van der Waals surface area contributed by atoms with Crippen molar-refractivity contribution in [3.63, 3.8) is 0 Å². The minimum absolute atomic E-state index is 0.0644. The third kappa shape index (κ3) is 4.54. The fourth-order valence-electron chi connectivity index (χ4n) is 2.68. The number of carbonyl (C=O) groups is 2. The van der Waals surface area contributed by atoms with E-state index in [2.05, 4.69) is 22.8 Å². The molecule has 3 rings (SSSR count). The predicted molar refractivity (Wildman–Crippen MR) is 102 cm³/mol. The molecule has 2 amide bonds. The molecule has 2 N–H and O–H groups in total. The van der Waals surface area contributed by atoms with Gasteiger partial charge in [-0.1, -0.05) is 18.2 Å². The van der Waals surface area contributed by atoms with E-state index in [1.807, 2.05) is 36.2 Å². The number of fused-ring (bicyclic) bond motifs is 1. The predicted octanol–water partition coefficient (Wildman–Crippen LogP) is 2.99. The molecule has 0 bridgehead atoms. The Bertz CT molecular complexity index is 765. The number of hydrogen-bond acceptors (Lipinski definition) is 4. The molecule has 1 aliphatic heterocycles. The number of benzene rings is 2. The maximum Gasteiger partial charge on any atom is 0.251 e. The van der Waals surface area contributed by atoms with E-state index in [4.69, 9.17) is 0 Å². The maximum absolute atomic E-state index is 12.3. The lowest BCUT2D eigenvalue weighted by Gasteiger charge is -2.27. The highest BCUT2D eigenvalue weighted by Crippen LogP contribution is 2.29. The van der Waals surface area contributed by atoms with Crippen molar-refractivity contribution in [3.8, 4) is 0 Å². The van der Waals surface area contributed by atoms with Gasteiger partial charge in [0.15, 0.2) is 0 Å². The van der Waals surface area contributed by atoms with E-state index in [1.165, 1.54) is 4.90 Å². The van der Waals surface area contributed by atoms with E-state index in [0.29, 0.717) is 24.3 Å². The van der Waals surface area contributed by atoms with Gasteiger partial charge in [0, 0.05) is 24.1 Å². The smallest absolute Gasteiger partial charge is 0.251 e. The largest absolute Gasteiger partial charge is 0.364 e. The van der Waals surface area contributed by atoms with Crippen molar-refractivity contribution in [2.24, 2.45) is 0 Å². The van der Waals surface area contributed by atoms with E-state index in [1.54, 1.807) is 23.9 Å². The molecule has 1 aliphatic rings. The molecule has 5 nitrogen and oxygen atoms in total. The van der Waals surface area contributed by atoms with Gasteiger partial charge in [0.1, 0.15) is 0 Å². The normalized spacial score (nSPS) is 13.2. The second kappa shape index (κ2) is 8.07. The van der Waals surface area contributed by atoms with Gasteiger partial charge in [0.25, 0.3) is 5.91 Å². The van der Waals surface area contributed by atoms with Crippen molar-refractivity contribution in [2.75, 3.05) is 36.1 Å². The molecule has 0 fully saturated rings. The summed E-state index contributed by atoms with van der Waals surface area (Å²) in [4.78, 5) is 27.0. The third-order valence-corrected chi connectivity index (χ3v) is 5.04. The lowest BCUT2D eigenvalue weighted by molar-refractivity contribution is -0.115. The number of nitrogens with zero attached hydrogens (tertiary/aromatic N) is 1. The Morgan fingerprint density at radius 2 is 2.04 bits per heavy atom. The SMILES string of the molecule is CN1CC(=O)Nc2cc(C(=O)NCCCSc3ccccc3)ccc21. The number of likely N-dealkylation sites (N-methyl/N-ethyl adjacent to an activating group) is 1. The minimum Gasteiger partial charge on any atom is -0.364 e. The van der Waals surface area contributed by atoms with Gasteiger partial charge in [-0.15, -0.1) is 11.8 Å². The number of nitrogens with one attached hydrogen (secondary N) is 2. The Morgan fingerprint density at radius 3 is 2.84 bits per heavy atom. The van der Waals surface area contributed by atoms with Gasteiger partial charge in [-0.05, 0) is 42.5 Å². The Balaban J connectivity index is 1.48. The van der Waals surface area contributed by atoms with Crippen LogP contribution in [0.2, 0.25) is 0 Å². The second-order valence-corrected chi connectivity index (χ2v) is 7.08. The summed E-state index contributed by atoms with van der Waals surface area (Å²) in [7, 11) is 1.86. The van der Waals surface area contributed by atoms with Crippen molar-refractivity contribution in [2.45, 2.75) is 11.3 Å². The Kier molecular flexibility index (Phi) is 5.60. The molecule has 0 radical (unpaired) electrons. The van der Waals surface area contributed by atoms with Gasteiger partial charge in [0.2, 0.25) is 5.91 Å². The first kappa shape index (κ1) is 17.4. The fourth-order valence-corrected chi connectivity index (χ4v) is 3.56. The highest BCUT2D eigenvalue weighted by Gasteiger charge is 2.20. The van der Waals surface area contributed by atoms with Crippen molar-refractivity contribution in [1.29, 1.82) is 0 Å². The number of anilines is 2. The molecular weight excluding hydrogens is 334 g/mol. The molecule has 0 spiro atoms. The monoisotopic (exact) mass is 355 g/mol. The molecular formula is C19H21N3O2S. The number of thioether (sulfide) groups is 1. The summed E-state index contributed by atoms with van der Waals surface area (Å²) in [5.74, 6) is 0.774. The molecule has 0 aliphatic carbocycles. The molecule has 2 aromatic carbocycles. The zero-order valence-electron chi connectivity index (χ0n) is 14.1. The first-order valence-corrected chi connectivity index (χ1v) is 9.23. The van der Waals surface area contributed by atoms with Crippen LogP contribution in [0.5, 0.6) is 0 Å². The molecule has 0 unspecified atom stereocenters. The van der Waals surface area contributed by atoms with Crippen LogP contribution in [0.15, 0.2) is 53.4 Å². The first-order chi connectivity index (χ1) is 12.1. The Labute approximate surface area is 151 Å². The first-order valence-electron chi connectivity index (χ1n) is 8.24. The van der Waals surface area contributed by atoms with E-state index in [0.717, 1.165) is 17.9 Å². The topological polar surface area (TPSA) is 61.4 Å². The molecule has 0 saturated carbocycles. The lowest BCUT2D eigenvalue weighted by Crippen LogP contribution is -2.35. The summed E-state index contributed by atoms with van der Waals surface area (Å²) in [6.07, 6.45) is 0.899. The van der Waals surface area contributed by atoms with Gasteiger partial charge in [-0.2, -0.15) is 0 Å². The van der Waals surface area contributed by atoms with Crippen LogP contribution in [0.4, 0.5) is 11.4 Å². The zero-order chi connectivity index (χ0) is 17.6. The van der Waals surface area contributed by atoms with E-state index in [-0.39, 0.29) is 11.8 Å². The number of hydrogen-bond donors (Lipinski definition) is 2. The zero-order valence-corrected chi connectivity index (χ0v) is 14.9. The van der Waals surface area contributed by atoms with Gasteiger partial charge >= 0.3 is 0 Å². The van der Waals surface area contributed by atoms with E-state index in [9.17, 15) is 9.59 Å². The third-order valence-electron chi connectivity index (χ3n) is 3.94.